The van der Waals surface area contributed by atoms with E-state index in [0.29, 0.717) is 5.11 Å². The van der Waals surface area contributed by atoms with Gasteiger partial charge in [-0.3, -0.25) is 4.98 Å². The van der Waals surface area contributed by atoms with E-state index in [4.69, 9.17) is 21.9 Å². The van der Waals surface area contributed by atoms with Gasteiger partial charge in [0.2, 0.25) is 0 Å². The average Bonchev–Trinajstić information content (AvgIpc) is 3.45. The van der Waals surface area contributed by atoms with E-state index in [0.717, 1.165) is 47.8 Å². The zero-order valence-electron chi connectivity index (χ0n) is 21.5. The van der Waals surface area contributed by atoms with Gasteiger partial charge in [0.15, 0.2) is 5.11 Å². The van der Waals surface area contributed by atoms with Crippen LogP contribution in [0.4, 0.5) is 11.4 Å². The Labute approximate surface area is 237 Å². The first-order valence-corrected chi connectivity index (χ1v) is 14.1. The monoisotopic (exact) mass is 587 g/mol. The first-order valence-electron chi connectivity index (χ1n) is 12.9. The fraction of sp³-hybridized carbons (Fsp3) is 0.267. The van der Waals surface area contributed by atoms with E-state index >= 15 is 0 Å². The highest BCUT2D eigenvalue weighted by molar-refractivity contribution is 9.10. The lowest BCUT2D eigenvalue weighted by Crippen LogP contribution is -2.36. The molecule has 2 unspecified atom stereocenters. The molecular formula is C30H30BrN5OS. The SMILES string of the molecule is Cc1cc(C2C(c3ccccn3)NC(=S)N2c2ccc(N3CCOCC3)cc2)c(C)n1-c1ccccc1Br. The van der Waals surface area contributed by atoms with E-state index in [1.54, 1.807) is 0 Å². The number of anilines is 2. The molecule has 0 radical (unpaired) electrons. The maximum atomic E-state index is 5.98. The van der Waals surface area contributed by atoms with Gasteiger partial charge in [-0.05, 0) is 102 Å². The molecule has 2 fully saturated rings. The van der Waals surface area contributed by atoms with E-state index in [1.165, 1.54) is 22.6 Å². The lowest BCUT2D eigenvalue weighted by molar-refractivity contribution is 0.122. The highest BCUT2D eigenvalue weighted by Crippen LogP contribution is 2.44. The number of para-hydroxylation sites is 1. The van der Waals surface area contributed by atoms with Crippen LogP contribution in [0.15, 0.2) is 83.5 Å². The van der Waals surface area contributed by atoms with Gasteiger partial charge in [0.1, 0.15) is 0 Å². The molecule has 2 aliphatic heterocycles. The molecule has 2 aromatic carbocycles. The maximum absolute atomic E-state index is 5.98. The Hall–Kier alpha value is -3.20. The molecule has 2 aliphatic rings. The Balaban J connectivity index is 1.44. The summed E-state index contributed by atoms with van der Waals surface area (Å²) < 4.78 is 8.91. The van der Waals surface area contributed by atoms with Crippen LogP contribution >= 0.6 is 28.1 Å². The first-order chi connectivity index (χ1) is 18.5. The molecule has 38 heavy (non-hydrogen) atoms. The fourth-order valence-corrected chi connectivity index (χ4v) is 6.49. The maximum Gasteiger partial charge on any atom is 0.174 e. The van der Waals surface area contributed by atoms with Crippen LogP contribution in [0.25, 0.3) is 5.69 Å². The number of hydrogen-bond donors (Lipinski definition) is 1. The molecule has 8 heteroatoms. The standard InChI is InChI=1S/C30H30BrN5OS/c1-20-19-24(21(2)35(20)27-9-4-3-7-25(27)31)29-28(26-8-5-6-14-32-26)33-30(38)36(29)23-12-10-22(11-13-23)34-15-17-37-18-16-34/h3-14,19,28-29H,15-18H2,1-2H3,(H,33,38). The summed E-state index contributed by atoms with van der Waals surface area (Å²) in [5, 5.41) is 4.31. The summed E-state index contributed by atoms with van der Waals surface area (Å²) in [6.45, 7) is 7.71. The molecule has 1 N–H and O–H groups in total. The smallest absolute Gasteiger partial charge is 0.174 e. The minimum Gasteiger partial charge on any atom is -0.378 e. The minimum absolute atomic E-state index is 0.0610. The van der Waals surface area contributed by atoms with Crippen molar-refractivity contribution in [3.63, 3.8) is 0 Å². The van der Waals surface area contributed by atoms with Gasteiger partial charge < -0.3 is 24.4 Å². The number of thiocarbonyl (C=S) groups is 1. The highest BCUT2D eigenvalue weighted by atomic mass is 79.9. The number of hydrogen-bond acceptors (Lipinski definition) is 4. The molecule has 0 bridgehead atoms. The summed E-state index contributed by atoms with van der Waals surface area (Å²) in [6.07, 6.45) is 1.85. The van der Waals surface area contributed by atoms with Gasteiger partial charge in [-0.1, -0.05) is 18.2 Å². The second-order valence-electron chi connectivity index (χ2n) is 9.73. The van der Waals surface area contributed by atoms with Crippen molar-refractivity contribution in [1.29, 1.82) is 0 Å². The van der Waals surface area contributed by atoms with Crippen molar-refractivity contribution in [3.8, 4) is 5.69 Å². The number of pyridine rings is 1. The Morgan fingerprint density at radius 3 is 2.37 bits per heavy atom. The molecule has 0 spiro atoms. The van der Waals surface area contributed by atoms with E-state index < -0.39 is 0 Å². The normalized spacial score (nSPS) is 19.6. The van der Waals surface area contributed by atoms with Crippen molar-refractivity contribution in [3.05, 3.63) is 106 Å². The molecule has 4 aromatic rings. The van der Waals surface area contributed by atoms with Gasteiger partial charge in [0.25, 0.3) is 0 Å². The molecule has 4 heterocycles. The van der Waals surface area contributed by atoms with Crippen molar-refractivity contribution < 1.29 is 4.74 Å². The average molecular weight is 589 g/mol. The number of nitrogens with one attached hydrogen (secondary N) is 1. The Bertz CT molecular complexity index is 1450. The van der Waals surface area contributed by atoms with Crippen LogP contribution in [0.1, 0.15) is 34.7 Å². The molecule has 194 valence electrons. The van der Waals surface area contributed by atoms with Crippen molar-refractivity contribution in [2.75, 3.05) is 36.1 Å². The molecule has 2 saturated heterocycles. The Morgan fingerprint density at radius 1 is 0.947 bits per heavy atom. The number of nitrogens with zero attached hydrogens (tertiary/aromatic N) is 4. The predicted octanol–water partition coefficient (Wildman–Crippen LogP) is 6.27. The summed E-state index contributed by atoms with van der Waals surface area (Å²) in [6, 6.07) is 25.3. The number of benzene rings is 2. The quantitative estimate of drug-likeness (QED) is 0.278. The van der Waals surface area contributed by atoms with Crippen molar-refractivity contribution in [2.45, 2.75) is 25.9 Å². The zero-order chi connectivity index (χ0) is 26.2. The third kappa shape index (κ3) is 4.51. The Morgan fingerprint density at radius 2 is 1.66 bits per heavy atom. The highest BCUT2D eigenvalue weighted by Gasteiger charge is 2.42. The number of aryl methyl sites for hydroxylation is 1. The summed E-state index contributed by atoms with van der Waals surface area (Å²) >= 11 is 9.73. The van der Waals surface area contributed by atoms with E-state index in [1.807, 2.05) is 24.4 Å². The molecule has 0 aliphatic carbocycles. The number of ether oxygens (including phenoxy) is 1. The van der Waals surface area contributed by atoms with Crippen LogP contribution < -0.4 is 15.1 Å². The largest absolute Gasteiger partial charge is 0.378 e. The number of aromatic nitrogens is 2. The van der Waals surface area contributed by atoms with Crippen LogP contribution in [0.5, 0.6) is 0 Å². The third-order valence-corrected chi connectivity index (χ3v) is 8.47. The third-order valence-electron chi connectivity index (χ3n) is 7.48. The molecular weight excluding hydrogens is 558 g/mol. The topological polar surface area (TPSA) is 45.6 Å². The van der Waals surface area contributed by atoms with Crippen LogP contribution in [0.2, 0.25) is 0 Å². The fourth-order valence-electron chi connectivity index (χ4n) is 5.69. The molecule has 6 nitrogen and oxygen atoms in total. The lowest BCUT2D eigenvalue weighted by Gasteiger charge is -2.31. The Kier molecular flexibility index (Phi) is 6.95. The van der Waals surface area contributed by atoms with Crippen molar-refractivity contribution in [1.82, 2.24) is 14.9 Å². The molecule has 6 rings (SSSR count). The van der Waals surface area contributed by atoms with Gasteiger partial charge in [0, 0.05) is 46.5 Å². The molecule has 2 aromatic heterocycles. The summed E-state index contributed by atoms with van der Waals surface area (Å²) in [4.78, 5) is 9.35. The number of rotatable bonds is 5. The zero-order valence-corrected chi connectivity index (χ0v) is 23.9. The molecule has 0 saturated carbocycles. The second kappa shape index (κ2) is 10.5. The lowest BCUT2D eigenvalue weighted by atomic mass is 9.96. The van der Waals surface area contributed by atoms with Gasteiger partial charge in [-0.15, -0.1) is 0 Å². The van der Waals surface area contributed by atoms with Gasteiger partial charge in [0.05, 0.1) is 36.7 Å². The van der Waals surface area contributed by atoms with E-state index in [-0.39, 0.29) is 12.1 Å². The summed E-state index contributed by atoms with van der Waals surface area (Å²) in [7, 11) is 0. The van der Waals surface area contributed by atoms with Crippen molar-refractivity contribution >= 4 is 44.6 Å². The second-order valence-corrected chi connectivity index (χ2v) is 11.0. The van der Waals surface area contributed by atoms with Crippen LogP contribution in [0.3, 0.4) is 0 Å². The predicted molar refractivity (Wildman–Crippen MR) is 160 cm³/mol. The minimum atomic E-state index is -0.0872. The molecule has 0 amide bonds. The number of halogens is 1. The van der Waals surface area contributed by atoms with Gasteiger partial charge in [-0.25, -0.2) is 0 Å². The first kappa shape index (κ1) is 25.1. The van der Waals surface area contributed by atoms with E-state index in [9.17, 15) is 0 Å². The van der Waals surface area contributed by atoms with E-state index in [2.05, 4.69) is 104 Å². The van der Waals surface area contributed by atoms with Crippen LogP contribution in [0, 0.1) is 13.8 Å². The molecule has 2 atom stereocenters. The van der Waals surface area contributed by atoms with Gasteiger partial charge >= 0.3 is 0 Å². The van der Waals surface area contributed by atoms with Crippen molar-refractivity contribution in [2.24, 2.45) is 0 Å². The number of morpholine rings is 1. The van der Waals surface area contributed by atoms with Crippen LogP contribution in [-0.2, 0) is 4.74 Å². The summed E-state index contributed by atoms with van der Waals surface area (Å²) in [5.74, 6) is 0. The van der Waals surface area contributed by atoms with Crippen LogP contribution in [-0.4, -0.2) is 41.0 Å². The summed E-state index contributed by atoms with van der Waals surface area (Å²) in [5.41, 5.74) is 7.94. The van der Waals surface area contributed by atoms with Gasteiger partial charge in [-0.2, -0.15) is 0 Å².